The lowest BCUT2D eigenvalue weighted by Gasteiger charge is -2.29. The fraction of sp³-hybridized carbons (Fsp3) is 0.179. The fourth-order valence-corrected chi connectivity index (χ4v) is 5.78. The molecule has 2 aromatic heterocycles. The van der Waals surface area contributed by atoms with Gasteiger partial charge in [-0.15, -0.1) is 0 Å². The van der Waals surface area contributed by atoms with Crippen molar-refractivity contribution in [3.63, 3.8) is 0 Å². The number of para-hydroxylation sites is 1. The number of anilines is 2. The Balaban J connectivity index is 1.69. The second-order valence-corrected chi connectivity index (χ2v) is 11.2. The summed E-state index contributed by atoms with van der Waals surface area (Å²) in [7, 11) is -0.772. The molecule has 1 fully saturated rings. The number of esters is 1. The fourth-order valence-electron chi connectivity index (χ4n) is 4.88. The molecule has 40 heavy (non-hydrogen) atoms. The Morgan fingerprint density at radius 1 is 1.05 bits per heavy atom. The lowest BCUT2D eigenvalue weighted by molar-refractivity contribution is 0.0600. The number of nitrogens with one attached hydrogen (secondary N) is 2. The van der Waals surface area contributed by atoms with Gasteiger partial charge in [-0.1, -0.05) is 18.2 Å². The summed E-state index contributed by atoms with van der Waals surface area (Å²) < 4.78 is 39.1. The van der Waals surface area contributed by atoms with Gasteiger partial charge in [0.05, 0.1) is 49.1 Å². The summed E-state index contributed by atoms with van der Waals surface area (Å²) in [5.41, 5.74) is 3.52. The summed E-state index contributed by atoms with van der Waals surface area (Å²) in [5, 5.41) is 3.82. The molecule has 1 saturated heterocycles. The van der Waals surface area contributed by atoms with Crippen LogP contribution in [0.25, 0.3) is 5.69 Å². The number of thiocarbonyl (C=S) groups is 1. The van der Waals surface area contributed by atoms with Crippen molar-refractivity contribution in [1.29, 1.82) is 0 Å². The number of hydrogen-bond donors (Lipinski definition) is 2. The summed E-state index contributed by atoms with van der Waals surface area (Å²) >= 11 is 5.84. The molecule has 206 valence electrons. The zero-order chi connectivity index (χ0) is 28.4. The monoisotopic (exact) mass is 577 g/mol. The molecule has 0 spiro atoms. The normalized spacial score (nSPS) is 16.9. The number of carbonyl (C=O) groups is 1. The molecule has 4 aromatic rings. The standard InChI is InChI=1S/C28H27N5O5S2/c1-37-24-14-13-18(17-21(24)31-40(3,35)36)33-26(25(30-28(33)39)20-10-6-7-15-29-20)23-12-8-16-32(23)22-11-5-4-9-19(22)27(34)38-2/h4-17,25-26,31H,1-3H3,(H,30,39). The molecule has 1 aliphatic heterocycles. The molecule has 5 rings (SSSR count). The van der Waals surface area contributed by atoms with Crippen molar-refractivity contribution in [2.24, 2.45) is 0 Å². The third-order valence-electron chi connectivity index (χ3n) is 6.51. The van der Waals surface area contributed by atoms with Crippen LogP contribution in [0, 0.1) is 0 Å². The van der Waals surface area contributed by atoms with Crippen LogP contribution in [0.5, 0.6) is 5.75 Å². The van der Waals surface area contributed by atoms with Crippen molar-refractivity contribution in [1.82, 2.24) is 14.9 Å². The average molecular weight is 578 g/mol. The minimum atomic E-state index is -3.59. The van der Waals surface area contributed by atoms with E-state index in [1.807, 2.05) is 64.2 Å². The van der Waals surface area contributed by atoms with Gasteiger partial charge in [0.25, 0.3) is 0 Å². The first-order chi connectivity index (χ1) is 19.2. The predicted molar refractivity (Wildman–Crippen MR) is 157 cm³/mol. The van der Waals surface area contributed by atoms with E-state index in [1.54, 1.807) is 30.5 Å². The van der Waals surface area contributed by atoms with Crippen LogP contribution < -0.4 is 19.7 Å². The van der Waals surface area contributed by atoms with Crippen molar-refractivity contribution in [3.8, 4) is 11.4 Å². The second-order valence-electron chi connectivity index (χ2n) is 9.07. The van der Waals surface area contributed by atoms with Crippen molar-refractivity contribution < 1.29 is 22.7 Å². The Bertz CT molecular complexity index is 1670. The van der Waals surface area contributed by atoms with Crippen LogP contribution in [0.3, 0.4) is 0 Å². The summed E-state index contributed by atoms with van der Waals surface area (Å²) in [6.45, 7) is 0. The van der Waals surface area contributed by atoms with E-state index in [0.29, 0.717) is 27.8 Å². The van der Waals surface area contributed by atoms with Crippen LogP contribution >= 0.6 is 12.2 Å². The topological polar surface area (TPSA) is 115 Å². The number of methoxy groups -OCH3 is 2. The van der Waals surface area contributed by atoms with Gasteiger partial charge in [0.2, 0.25) is 10.0 Å². The first-order valence-corrected chi connectivity index (χ1v) is 14.5. The van der Waals surface area contributed by atoms with E-state index in [9.17, 15) is 13.2 Å². The molecule has 0 aliphatic carbocycles. The molecule has 10 nitrogen and oxygen atoms in total. The number of nitrogens with zero attached hydrogens (tertiary/aromatic N) is 3. The van der Waals surface area contributed by atoms with Gasteiger partial charge in [0.1, 0.15) is 11.8 Å². The number of carbonyl (C=O) groups excluding carboxylic acids is 1. The molecule has 3 heterocycles. The molecule has 0 radical (unpaired) electrons. The van der Waals surface area contributed by atoms with Crippen molar-refractivity contribution in [2.45, 2.75) is 12.1 Å². The van der Waals surface area contributed by atoms with Crippen LogP contribution in [0.1, 0.15) is 33.8 Å². The molecule has 2 atom stereocenters. The summed E-state index contributed by atoms with van der Waals surface area (Å²) in [6.07, 6.45) is 4.66. The summed E-state index contributed by atoms with van der Waals surface area (Å²) in [4.78, 5) is 19.1. The van der Waals surface area contributed by atoms with Crippen molar-refractivity contribution in [2.75, 3.05) is 30.1 Å². The van der Waals surface area contributed by atoms with E-state index < -0.39 is 22.0 Å². The molecule has 2 unspecified atom stereocenters. The number of rotatable bonds is 8. The number of ether oxygens (including phenoxy) is 2. The first-order valence-electron chi connectivity index (χ1n) is 12.2. The largest absolute Gasteiger partial charge is 0.495 e. The third kappa shape index (κ3) is 5.23. The zero-order valence-electron chi connectivity index (χ0n) is 21.9. The van der Waals surface area contributed by atoms with E-state index in [1.165, 1.54) is 14.2 Å². The highest BCUT2D eigenvalue weighted by Crippen LogP contribution is 2.44. The van der Waals surface area contributed by atoms with E-state index in [4.69, 9.17) is 21.7 Å². The minimum Gasteiger partial charge on any atom is -0.495 e. The van der Waals surface area contributed by atoms with Crippen LogP contribution in [-0.4, -0.2) is 49.5 Å². The molecule has 0 bridgehead atoms. The third-order valence-corrected chi connectivity index (χ3v) is 7.41. The van der Waals surface area contributed by atoms with Gasteiger partial charge in [-0.2, -0.15) is 0 Å². The number of hydrogen-bond acceptors (Lipinski definition) is 7. The highest BCUT2D eigenvalue weighted by atomic mass is 32.2. The summed E-state index contributed by atoms with van der Waals surface area (Å²) in [5.74, 6) is -0.0967. The van der Waals surface area contributed by atoms with Crippen LogP contribution in [0.2, 0.25) is 0 Å². The van der Waals surface area contributed by atoms with Gasteiger partial charge < -0.3 is 24.3 Å². The van der Waals surface area contributed by atoms with E-state index >= 15 is 0 Å². The maximum absolute atomic E-state index is 12.6. The van der Waals surface area contributed by atoms with Crippen molar-refractivity contribution in [3.05, 3.63) is 102 Å². The van der Waals surface area contributed by atoms with Gasteiger partial charge in [-0.25, -0.2) is 13.2 Å². The van der Waals surface area contributed by atoms with E-state index in [0.717, 1.165) is 17.6 Å². The molecule has 0 amide bonds. The molecule has 2 N–H and O–H groups in total. The Labute approximate surface area is 237 Å². The van der Waals surface area contributed by atoms with Gasteiger partial charge in [-0.3, -0.25) is 9.71 Å². The second kappa shape index (κ2) is 11.0. The molecular formula is C28H27N5O5S2. The maximum Gasteiger partial charge on any atom is 0.339 e. The number of benzene rings is 2. The van der Waals surface area contributed by atoms with Crippen molar-refractivity contribution >= 4 is 44.7 Å². The quantitative estimate of drug-likeness (QED) is 0.235. The number of aromatic nitrogens is 2. The lowest BCUT2D eigenvalue weighted by Crippen LogP contribution is -2.30. The Kier molecular flexibility index (Phi) is 7.46. The highest BCUT2D eigenvalue weighted by molar-refractivity contribution is 7.92. The predicted octanol–water partition coefficient (Wildman–Crippen LogP) is 4.22. The molecule has 1 aliphatic rings. The SMILES string of the molecule is COC(=O)c1ccccc1-n1cccc1C1C(c2ccccn2)NC(=S)N1c1ccc(OC)c(NS(C)(=O)=O)c1. The molecular weight excluding hydrogens is 550 g/mol. The Morgan fingerprint density at radius 3 is 2.52 bits per heavy atom. The van der Waals surface area contributed by atoms with Crippen LogP contribution in [0.4, 0.5) is 11.4 Å². The Morgan fingerprint density at radius 2 is 1.82 bits per heavy atom. The Hall–Kier alpha value is -4.42. The summed E-state index contributed by atoms with van der Waals surface area (Å²) in [6, 6.07) is 21.0. The smallest absolute Gasteiger partial charge is 0.339 e. The highest BCUT2D eigenvalue weighted by Gasteiger charge is 2.42. The first kappa shape index (κ1) is 27.2. The maximum atomic E-state index is 12.6. The average Bonchev–Trinajstić information content (AvgIpc) is 3.56. The minimum absolute atomic E-state index is 0.275. The number of sulfonamides is 1. The van der Waals surface area contributed by atoms with E-state index in [-0.39, 0.29) is 11.7 Å². The zero-order valence-corrected chi connectivity index (χ0v) is 23.6. The molecule has 0 saturated carbocycles. The van der Waals surface area contributed by atoms with Gasteiger partial charge in [0, 0.05) is 23.8 Å². The van der Waals surface area contributed by atoms with Gasteiger partial charge >= 0.3 is 5.97 Å². The lowest BCUT2D eigenvalue weighted by atomic mass is 10.00. The van der Waals surface area contributed by atoms with Gasteiger partial charge in [-0.05, 0) is 66.8 Å². The van der Waals surface area contributed by atoms with E-state index in [2.05, 4.69) is 15.0 Å². The van der Waals surface area contributed by atoms with Crippen LogP contribution in [0.15, 0.2) is 85.2 Å². The molecule has 2 aromatic carbocycles. The van der Waals surface area contributed by atoms with Crippen LogP contribution in [-0.2, 0) is 14.8 Å². The molecule has 12 heteroatoms. The number of pyridine rings is 1. The van der Waals surface area contributed by atoms with Gasteiger partial charge in [0.15, 0.2) is 5.11 Å².